The Labute approximate surface area is 134 Å². The number of hydrogen-bond acceptors (Lipinski definition) is 2. The van der Waals surface area contributed by atoms with Crippen LogP contribution in [0.15, 0.2) is 41.3 Å². The number of amides is 1. The number of fused-ring (bicyclic) bond motifs is 1. The van der Waals surface area contributed by atoms with Crippen LogP contribution in [-0.2, 0) is 4.79 Å². The van der Waals surface area contributed by atoms with Crippen molar-refractivity contribution in [2.24, 2.45) is 5.92 Å². The van der Waals surface area contributed by atoms with Crippen molar-refractivity contribution < 1.29 is 4.79 Å². The maximum absolute atomic E-state index is 12.3. The molecule has 1 unspecified atom stereocenters. The van der Waals surface area contributed by atoms with Gasteiger partial charge in [0.1, 0.15) is 0 Å². The number of benzene rings is 2. The molecular formula is C17H18ClNOS. The highest BCUT2D eigenvalue weighted by molar-refractivity contribution is 8.00. The van der Waals surface area contributed by atoms with Crippen LogP contribution in [0.1, 0.15) is 13.3 Å². The Hall–Kier alpha value is -1.19. The van der Waals surface area contributed by atoms with Crippen molar-refractivity contribution in [2.45, 2.75) is 18.2 Å². The second kappa shape index (κ2) is 6.29. The van der Waals surface area contributed by atoms with Crippen molar-refractivity contribution in [3.63, 3.8) is 0 Å². The number of halogens is 1. The van der Waals surface area contributed by atoms with Crippen molar-refractivity contribution >= 4 is 40.0 Å². The van der Waals surface area contributed by atoms with Gasteiger partial charge in [-0.25, -0.2) is 0 Å². The van der Waals surface area contributed by atoms with Crippen molar-refractivity contribution in [1.29, 1.82) is 0 Å². The zero-order valence-electron chi connectivity index (χ0n) is 12.0. The molecule has 1 aliphatic heterocycles. The van der Waals surface area contributed by atoms with Crippen molar-refractivity contribution in [2.75, 3.05) is 18.8 Å². The Kier molecular flexibility index (Phi) is 4.41. The number of carbonyl (C=O) groups is 1. The van der Waals surface area contributed by atoms with E-state index in [2.05, 4.69) is 19.1 Å². The standard InChI is InChI=1S/C17H18ClNOS/c1-12-8-9-19(10-12)16(20)11-21-15-7-3-5-13-4-2-6-14(18)17(13)15/h2-7,12H,8-11H2,1H3. The summed E-state index contributed by atoms with van der Waals surface area (Å²) >= 11 is 7.90. The molecule has 2 aromatic rings. The average Bonchev–Trinajstić information content (AvgIpc) is 2.91. The zero-order chi connectivity index (χ0) is 14.8. The van der Waals surface area contributed by atoms with E-state index in [0.29, 0.717) is 11.7 Å². The summed E-state index contributed by atoms with van der Waals surface area (Å²) in [6.45, 7) is 4.00. The first-order valence-electron chi connectivity index (χ1n) is 7.23. The molecule has 1 fully saturated rings. The molecule has 1 heterocycles. The molecule has 0 spiro atoms. The van der Waals surface area contributed by atoms with Crippen LogP contribution in [0.5, 0.6) is 0 Å². The number of thioether (sulfide) groups is 1. The molecule has 3 rings (SSSR count). The van der Waals surface area contributed by atoms with Crippen LogP contribution in [-0.4, -0.2) is 29.6 Å². The molecule has 0 aromatic heterocycles. The molecule has 0 aliphatic carbocycles. The van der Waals surface area contributed by atoms with Gasteiger partial charge in [-0.15, -0.1) is 11.8 Å². The normalized spacial score (nSPS) is 18.4. The Morgan fingerprint density at radius 1 is 1.33 bits per heavy atom. The minimum atomic E-state index is 0.230. The Balaban J connectivity index is 1.75. The van der Waals surface area contributed by atoms with Crippen LogP contribution in [0.4, 0.5) is 0 Å². The first kappa shape index (κ1) is 14.7. The topological polar surface area (TPSA) is 20.3 Å². The highest BCUT2D eigenvalue weighted by Gasteiger charge is 2.23. The fourth-order valence-corrected chi connectivity index (χ4v) is 4.12. The summed E-state index contributed by atoms with van der Waals surface area (Å²) in [6, 6.07) is 12.0. The van der Waals surface area contributed by atoms with Gasteiger partial charge < -0.3 is 4.90 Å². The minimum absolute atomic E-state index is 0.230. The fourth-order valence-electron chi connectivity index (χ4n) is 2.77. The van der Waals surface area contributed by atoms with E-state index < -0.39 is 0 Å². The second-order valence-corrected chi connectivity index (χ2v) is 7.04. The fraction of sp³-hybridized carbons (Fsp3) is 0.353. The molecule has 4 heteroatoms. The highest BCUT2D eigenvalue weighted by Crippen LogP contribution is 2.33. The lowest BCUT2D eigenvalue weighted by Crippen LogP contribution is -2.29. The molecule has 0 bridgehead atoms. The zero-order valence-corrected chi connectivity index (χ0v) is 13.6. The number of hydrogen-bond donors (Lipinski definition) is 0. The largest absolute Gasteiger partial charge is 0.342 e. The van der Waals surface area contributed by atoms with Gasteiger partial charge in [0.25, 0.3) is 0 Å². The molecule has 0 N–H and O–H groups in total. The van der Waals surface area contributed by atoms with Crippen molar-refractivity contribution in [1.82, 2.24) is 4.90 Å². The second-order valence-electron chi connectivity index (χ2n) is 5.62. The molecule has 1 amide bonds. The summed E-state index contributed by atoms with van der Waals surface area (Å²) in [5.74, 6) is 1.34. The maximum Gasteiger partial charge on any atom is 0.232 e. The van der Waals surface area contributed by atoms with E-state index in [9.17, 15) is 4.79 Å². The monoisotopic (exact) mass is 319 g/mol. The SMILES string of the molecule is CC1CCN(C(=O)CSc2cccc3cccc(Cl)c23)C1. The molecule has 0 radical (unpaired) electrons. The van der Waals surface area contributed by atoms with Gasteiger partial charge in [-0.2, -0.15) is 0 Å². The van der Waals surface area contributed by atoms with Crippen LogP contribution in [0, 0.1) is 5.92 Å². The van der Waals surface area contributed by atoms with E-state index >= 15 is 0 Å². The predicted octanol–water partition coefficient (Wildman–Crippen LogP) is 4.45. The molecule has 2 nitrogen and oxygen atoms in total. The van der Waals surface area contributed by atoms with Gasteiger partial charge in [0.15, 0.2) is 0 Å². The number of nitrogens with zero attached hydrogens (tertiary/aromatic N) is 1. The van der Waals surface area contributed by atoms with Gasteiger partial charge >= 0.3 is 0 Å². The summed E-state index contributed by atoms with van der Waals surface area (Å²) in [5.41, 5.74) is 0. The summed E-state index contributed by atoms with van der Waals surface area (Å²) in [5, 5.41) is 2.92. The minimum Gasteiger partial charge on any atom is -0.342 e. The van der Waals surface area contributed by atoms with E-state index in [1.54, 1.807) is 11.8 Å². The molecular weight excluding hydrogens is 302 g/mol. The smallest absolute Gasteiger partial charge is 0.232 e. The third kappa shape index (κ3) is 3.19. The van der Waals surface area contributed by atoms with Gasteiger partial charge in [0.05, 0.1) is 5.75 Å². The maximum atomic E-state index is 12.3. The lowest BCUT2D eigenvalue weighted by atomic mass is 10.1. The Morgan fingerprint density at radius 3 is 2.81 bits per heavy atom. The van der Waals surface area contributed by atoms with E-state index in [1.165, 1.54) is 0 Å². The Bertz CT molecular complexity index is 668. The number of carbonyl (C=O) groups excluding carboxylic acids is 1. The quantitative estimate of drug-likeness (QED) is 0.779. The molecule has 1 aliphatic rings. The lowest BCUT2D eigenvalue weighted by molar-refractivity contribution is -0.127. The molecule has 21 heavy (non-hydrogen) atoms. The van der Waals surface area contributed by atoms with Gasteiger partial charge in [-0.3, -0.25) is 4.79 Å². The van der Waals surface area contributed by atoms with Crippen molar-refractivity contribution in [3.05, 3.63) is 41.4 Å². The highest BCUT2D eigenvalue weighted by atomic mass is 35.5. The molecule has 1 saturated heterocycles. The third-order valence-corrected chi connectivity index (χ3v) is 5.30. The lowest BCUT2D eigenvalue weighted by Gasteiger charge is -2.16. The molecule has 2 aromatic carbocycles. The third-order valence-electron chi connectivity index (χ3n) is 3.94. The summed E-state index contributed by atoms with van der Waals surface area (Å²) in [7, 11) is 0. The van der Waals surface area contributed by atoms with Crippen molar-refractivity contribution in [3.8, 4) is 0 Å². The van der Waals surface area contributed by atoms with Gasteiger partial charge in [0, 0.05) is 28.4 Å². The summed E-state index contributed by atoms with van der Waals surface area (Å²) in [6.07, 6.45) is 1.12. The van der Waals surface area contributed by atoms with Crippen LogP contribution < -0.4 is 0 Å². The average molecular weight is 320 g/mol. The predicted molar refractivity (Wildman–Crippen MR) is 90.0 cm³/mol. The van der Waals surface area contributed by atoms with E-state index in [-0.39, 0.29) is 5.91 Å². The van der Waals surface area contributed by atoms with E-state index in [0.717, 1.165) is 40.2 Å². The number of rotatable bonds is 3. The molecule has 1 atom stereocenters. The Morgan fingerprint density at radius 2 is 2.10 bits per heavy atom. The van der Waals surface area contributed by atoms with Crippen LogP contribution in [0.25, 0.3) is 10.8 Å². The first-order chi connectivity index (χ1) is 10.1. The van der Waals surface area contributed by atoms with Crippen LogP contribution in [0.2, 0.25) is 5.02 Å². The van der Waals surface area contributed by atoms with Gasteiger partial charge in [0.2, 0.25) is 5.91 Å². The van der Waals surface area contributed by atoms with Gasteiger partial charge in [-0.05, 0) is 29.9 Å². The van der Waals surface area contributed by atoms with Crippen LogP contribution in [0.3, 0.4) is 0 Å². The molecule has 0 saturated carbocycles. The number of likely N-dealkylation sites (tertiary alicyclic amines) is 1. The van der Waals surface area contributed by atoms with E-state index in [4.69, 9.17) is 11.6 Å². The first-order valence-corrected chi connectivity index (χ1v) is 8.59. The van der Waals surface area contributed by atoms with E-state index in [1.807, 2.05) is 29.2 Å². The summed E-state index contributed by atoms with van der Waals surface area (Å²) < 4.78 is 0. The summed E-state index contributed by atoms with van der Waals surface area (Å²) in [4.78, 5) is 15.3. The van der Waals surface area contributed by atoms with Crippen LogP contribution >= 0.6 is 23.4 Å². The molecule has 110 valence electrons. The van der Waals surface area contributed by atoms with Gasteiger partial charge in [-0.1, -0.05) is 42.8 Å².